The largest absolute Gasteiger partial charge is 0.466 e. The van der Waals surface area contributed by atoms with E-state index in [9.17, 15) is 13.6 Å². The molecular formula is C13H18F2O2. The fourth-order valence-electron chi connectivity index (χ4n) is 4.72. The topological polar surface area (TPSA) is 26.3 Å². The Morgan fingerprint density at radius 2 is 1.76 bits per heavy atom. The number of esters is 1. The molecule has 0 aliphatic heterocycles. The highest BCUT2D eigenvalue weighted by molar-refractivity contribution is 5.78. The van der Waals surface area contributed by atoms with Crippen molar-refractivity contribution < 1.29 is 18.3 Å². The van der Waals surface area contributed by atoms with Crippen LogP contribution < -0.4 is 0 Å². The zero-order valence-electron chi connectivity index (χ0n) is 10.1. The fraction of sp³-hybridized carbons (Fsp3) is 0.923. The number of halogens is 2. The van der Waals surface area contributed by atoms with Gasteiger partial charge in [0.15, 0.2) is 0 Å². The molecule has 4 saturated carbocycles. The maximum Gasteiger partial charge on any atom is 0.312 e. The van der Waals surface area contributed by atoms with Crippen LogP contribution in [0.3, 0.4) is 0 Å². The van der Waals surface area contributed by atoms with E-state index in [1.807, 2.05) is 0 Å². The van der Waals surface area contributed by atoms with Crippen molar-refractivity contribution >= 4 is 5.97 Å². The predicted octanol–water partition coefficient (Wildman–Crippen LogP) is 2.95. The highest BCUT2D eigenvalue weighted by Gasteiger charge is 2.67. The Morgan fingerprint density at radius 3 is 2.24 bits per heavy atom. The smallest absolute Gasteiger partial charge is 0.312 e. The van der Waals surface area contributed by atoms with E-state index >= 15 is 0 Å². The van der Waals surface area contributed by atoms with Gasteiger partial charge < -0.3 is 4.74 Å². The third kappa shape index (κ3) is 1.59. The zero-order chi connectivity index (χ0) is 12.3. The summed E-state index contributed by atoms with van der Waals surface area (Å²) in [5.41, 5.74) is -3.82. The fourth-order valence-corrected chi connectivity index (χ4v) is 4.72. The lowest BCUT2D eigenvalue weighted by molar-refractivity contribution is -0.202. The van der Waals surface area contributed by atoms with Gasteiger partial charge in [-0.2, -0.15) is 0 Å². The SMILES string of the molecule is CCOC(=O)C12CC3CC(F)(CC(F)(C3)C1)C2. The Balaban J connectivity index is 1.94. The first kappa shape index (κ1) is 11.4. The molecule has 96 valence electrons. The second-order valence-electron chi connectivity index (χ2n) is 6.31. The Morgan fingerprint density at radius 1 is 1.18 bits per heavy atom. The van der Waals surface area contributed by atoms with Crippen LogP contribution in [0, 0.1) is 11.3 Å². The summed E-state index contributed by atoms with van der Waals surface area (Å²) in [6.45, 7) is 2.01. The molecule has 2 atom stereocenters. The van der Waals surface area contributed by atoms with E-state index in [-0.39, 0.29) is 37.8 Å². The summed E-state index contributed by atoms with van der Waals surface area (Å²) in [6.07, 6.45) is 1.79. The van der Waals surface area contributed by atoms with E-state index in [0.29, 0.717) is 19.3 Å². The van der Waals surface area contributed by atoms with Crippen molar-refractivity contribution in [3.8, 4) is 0 Å². The molecule has 4 aliphatic rings. The molecule has 4 rings (SSSR count). The summed E-state index contributed by atoms with van der Waals surface area (Å²) < 4.78 is 34.1. The van der Waals surface area contributed by atoms with Crippen molar-refractivity contribution in [1.29, 1.82) is 0 Å². The lowest BCUT2D eigenvalue weighted by Crippen LogP contribution is -2.62. The Hall–Kier alpha value is -0.670. The normalized spacial score (nSPS) is 51.6. The third-order valence-corrected chi connectivity index (χ3v) is 4.64. The minimum Gasteiger partial charge on any atom is -0.466 e. The third-order valence-electron chi connectivity index (χ3n) is 4.64. The summed E-state index contributed by atoms with van der Waals surface area (Å²) in [6, 6.07) is 0. The summed E-state index contributed by atoms with van der Waals surface area (Å²) in [4.78, 5) is 12.0. The number of ether oxygens (including phenoxy) is 1. The van der Waals surface area contributed by atoms with Gasteiger partial charge >= 0.3 is 5.97 Å². The first-order chi connectivity index (χ1) is 7.89. The Bertz CT molecular complexity index is 350. The van der Waals surface area contributed by atoms with Gasteiger partial charge in [0.05, 0.1) is 12.0 Å². The van der Waals surface area contributed by atoms with Crippen LogP contribution in [0.15, 0.2) is 0 Å². The quantitative estimate of drug-likeness (QED) is 0.698. The van der Waals surface area contributed by atoms with Gasteiger partial charge in [0.1, 0.15) is 11.3 Å². The minimum absolute atomic E-state index is 0.0162. The molecule has 0 aromatic heterocycles. The number of hydrogen-bond acceptors (Lipinski definition) is 2. The van der Waals surface area contributed by atoms with Gasteiger partial charge in [0, 0.05) is 6.42 Å². The molecule has 17 heavy (non-hydrogen) atoms. The van der Waals surface area contributed by atoms with Crippen LogP contribution in [0.1, 0.15) is 45.4 Å². The van der Waals surface area contributed by atoms with Crippen molar-refractivity contribution in [2.75, 3.05) is 6.61 Å². The van der Waals surface area contributed by atoms with Gasteiger partial charge in [0.25, 0.3) is 0 Å². The molecule has 0 aromatic rings. The molecule has 4 heteroatoms. The molecule has 0 spiro atoms. The lowest BCUT2D eigenvalue weighted by atomic mass is 9.47. The molecule has 0 heterocycles. The molecular weight excluding hydrogens is 226 g/mol. The predicted molar refractivity (Wildman–Crippen MR) is 57.9 cm³/mol. The second kappa shape index (κ2) is 3.21. The number of carbonyl (C=O) groups excluding carboxylic acids is 1. The average molecular weight is 244 g/mol. The summed E-state index contributed by atoms with van der Waals surface area (Å²) >= 11 is 0. The number of carbonyl (C=O) groups is 1. The molecule has 4 bridgehead atoms. The summed E-state index contributed by atoms with van der Waals surface area (Å²) in [5, 5.41) is 0. The Labute approximate surface area is 99.7 Å². The van der Waals surface area contributed by atoms with Crippen LogP contribution >= 0.6 is 0 Å². The maximum atomic E-state index is 14.5. The highest BCUT2D eigenvalue weighted by Crippen LogP contribution is 2.65. The first-order valence-electron chi connectivity index (χ1n) is 6.44. The van der Waals surface area contributed by atoms with Crippen LogP contribution in [0.2, 0.25) is 0 Å². The van der Waals surface area contributed by atoms with E-state index in [2.05, 4.69) is 0 Å². The van der Waals surface area contributed by atoms with Crippen molar-refractivity contribution in [2.45, 2.75) is 56.8 Å². The molecule has 0 aromatic carbocycles. The zero-order valence-corrected chi connectivity index (χ0v) is 10.1. The number of rotatable bonds is 2. The van der Waals surface area contributed by atoms with Gasteiger partial charge in [-0.15, -0.1) is 0 Å². The number of alkyl halides is 2. The number of hydrogen-bond donors (Lipinski definition) is 0. The van der Waals surface area contributed by atoms with Gasteiger partial charge in [0.2, 0.25) is 0 Å². The van der Waals surface area contributed by atoms with E-state index in [4.69, 9.17) is 4.74 Å². The van der Waals surface area contributed by atoms with Crippen LogP contribution in [-0.4, -0.2) is 23.9 Å². The van der Waals surface area contributed by atoms with Crippen LogP contribution in [0.25, 0.3) is 0 Å². The molecule has 2 nitrogen and oxygen atoms in total. The second-order valence-corrected chi connectivity index (χ2v) is 6.31. The lowest BCUT2D eigenvalue weighted by Gasteiger charge is -2.59. The van der Waals surface area contributed by atoms with Crippen molar-refractivity contribution in [2.24, 2.45) is 11.3 Å². The van der Waals surface area contributed by atoms with Crippen molar-refractivity contribution in [3.05, 3.63) is 0 Å². The standard InChI is InChI=1S/C13H18F2O2/c1-2-17-10(16)11-3-9-4-12(14,6-11)8-13(15,5-9)7-11/h9H,2-8H2,1H3. The van der Waals surface area contributed by atoms with E-state index in [1.54, 1.807) is 6.92 Å². The Kier molecular flexibility index (Phi) is 2.15. The van der Waals surface area contributed by atoms with Crippen LogP contribution in [-0.2, 0) is 9.53 Å². The van der Waals surface area contributed by atoms with E-state index < -0.39 is 16.8 Å². The molecule has 4 aliphatic carbocycles. The monoisotopic (exact) mass is 244 g/mol. The molecule has 0 amide bonds. The van der Waals surface area contributed by atoms with Crippen molar-refractivity contribution in [1.82, 2.24) is 0 Å². The molecule has 0 saturated heterocycles. The van der Waals surface area contributed by atoms with Gasteiger partial charge in [-0.1, -0.05) is 0 Å². The highest BCUT2D eigenvalue weighted by atomic mass is 19.2. The minimum atomic E-state index is -1.47. The molecule has 0 N–H and O–H groups in total. The summed E-state index contributed by atoms with van der Waals surface area (Å²) in [7, 11) is 0. The van der Waals surface area contributed by atoms with E-state index in [1.165, 1.54) is 0 Å². The van der Waals surface area contributed by atoms with Crippen LogP contribution in [0.4, 0.5) is 8.78 Å². The van der Waals surface area contributed by atoms with Crippen molar-refractivity contribution in [3.63, 3.8) is 0 Å². The average Bonchev–Trinajstić information content (AvgIpc) is 2.11. The molecule has 2 unspecified atom stereocenters. The van der Waals surface area contributed by atoms with Gasteiger partial charge in [-0.25, -0.2) is 8.78 Å². The molecule has 0 radical (unpaired) electrons. The first-order valence-corrected chi connectivity index (χ1v) is 6.44. The maximum absolute atomic E-state index is 14.5. The van der Waals surface area contributed by atoms with Crippen LogP contribution in [0.5, 0.6) is 0 Å². The van der Waals surface area contributed by atoms with Gasteiger partial charge in [-0.3, -0.25) is 4.79 Å². The molecule has 4 fully saturated rings. The summed E-state index contributed by atoms with van der Waals surface area (Å²) in [5.74, 6) is -0.362. The van der Waals surface area contributed by atoms with Gasteiger partial charge in [-0.05, 0) is 44.9 Å². The van der Waals surface area contributed by atoms with E-state index in [0.717, 1.165) is 0 Å².